The van der Waals surface area contributed by atoms with Crippen LogP contribution in [0.4, 0.5) is 0 Å². The van der Waals surface area contributed by atoms with Gasteiger partial charge >= 0.3 is 0 Å². The van der Waals surface area contributed by atoms with Gasteiger partial charge in [0, 0.05) is 38.1 Å². The van der Waals surface area contributed by atoms with E-state index in [0.29, 0.717) is 5.89 Å². The lowest BCUT2D eigenvalue weighted by molar-refractivity contribution is -0.141. The molecule has 3 heterocycles. The summed E-state index contributed by atoms with van der Waals surface area (Å²) in [4.78, 5) is 22.4. The maximum Gasteiger partial charge on any atom is 0.236 e. The fourth-order valence-corrected chi connectivity index (χ4v) is 3.52. The van der Waals surface area contributed by atoms with Crippen LogP contribution in [0, 0.1) is 12.3 Å². The van der Waals surface area contributed by atoms with Crippen LogP contribution in [0.5, 0.6) is 0 Å². The van der Waals surface area contributed by atoms with Crippen molar-refractivity contribution >= 4 is 17.2 Å². The van der Waals surface area contributed by atoms with Gasteiger partial charge in [0.1, 0.15) is 5.76 Å². The largest absolute Gasteiger partial charge is 0.440 e. The summed E-state index contributed by atoms with van der Waals surface area (Å²) in [5, 5.41) is 2.03. The minimum Gasteiger partial charge on any atom is -0.440 e. The average Bonchev–Trinajstić information content (AvgIpc) is 3.17. The summed E-state index contributed by atoms with van der Waals surface area (Å²) in [6.07, 6.45) is 0. The van der Waals surface area contributed by atoms with E-state index in [9.17, 15) is 4.79 Å². The average molecular weight is 347 g/mol. The van der Waals surface area contributed by atoms with Gasteiger partial charge in [-0.15, -0.1) is 11.3 Å². The number of nitrogens with zero attached hydrogens (tertiary/aromatic N) is 3. The third-order valence-electron chi connectivity index (χ3n) is 4.30. The zero-order valence-electron chi connectivity index (χ0n) is 14.8. The van der Waals surface area contributed by atoms with Gasteiger partial charge < -0.3 is 9.32 Å². The number of hydrogen-bond acceptors (Lipinski definition) is 5. The molecule has 0 unspecified atom stereocenters. The van der Waals surface area contributed by atoms with E-state index in [4.69, 9.17) is 4.42 Å². The van der Waals surface area contributed by atoms with Crippen molar-refractivity contribution in [3.8, 4) is 10.8 Å². The monoisotopic (exact) mass is 347 g/mol. The Labute approximate surface area is 147 Å². The molecule has 5 nitrogen and oxygen atoms in total. The number of oxazole rings is 1. The van der Waals surface area contributed by atoms with Gasteiger partial charge in [-0.05, 0) is 18.4 Å². The fourth-order valence-electron chi connectivity index (χ4n) is 2.88. The highest BCUT2D eigenvalue weighted by atomic mass is 32.1. The predicted octanol–water partition coefficient (Wildman–Crippen LogP) is 3.40. The van der Waals surface area contributed by atoms with Crippen molar-refractivity contribution in [2.45, 2.75) is 34.2 Å². The third-order valence-corrected chi connectivity index (χ3v) is 5.16. The Morgan fingerprint density at radius 1 is 1.29 bits per heavy atom. The zero-order chi connectivity index (χ0) is 17.3. The lowest BCUT2D eigenvalue weighted by Crippen LogP contribution is -2.51. The molecule has 1 amide bonds. The van der Waals surface area contributed by atoms with E-state index in [1.807, 2.05) is 50.1 Å². The van der Waals surface area contributed by atoms with Crippen molar-refractivity contribution in [2.24, 2.45) is 5.41 Å². The predicted molar refractivity (Wildman–Crippen MR) is 95.9 cm³/mol. The molecule has 1 fully saturated rings. The number of thiophene rings is 1. The lowest BCUT2D eigenvalue weighted by atomic mass is 9.94. The van der Waals surface area contributed by atoms with E-state index in [2.05, 4.69) is 9.88 Å². The van der Waals surface area contributed by atoms with Crippen molar-refractivity contribution < 1.29 is 9.21 Å². The minimum atomic E-state index is -0.305. The molecule has 2 aromatic heterocycles. The number of piperazine rings is 1. The molecule has 0 saturated carbocycles. The number of amides is 1. The molecule has 6 heteroatoms. The second-order valence-corrected chi connectivity index (χ2v) is 8.27. The number of carbonyl (C=O) groups excluding carboxylic acids is 1. The number of hydrogen-bond donors (Lipinski definition) is 0. The summed E-state index contributed by atoms with van der Waals surface area (Å²) in [6, 6.07) is 4.03. The van der Waals surface area contributed by atoms with Crippen LogP contribution in [0.1, 0.15) is 32.2 Å². The zero-order valence-corrected chi connectivity index (χ0v) is 15.7. The maximum absolute atomic E-state index is 12.4. The van der Waals surface area contributed by atoms with Gasteiger partial charge in [0.15, 0.2) is 0 Å². The summed E-state index contributed by atoms with van der Waals surface area (Å²) in [5.74, 6) is 1.82. The van der Waals surface area contributed by atoms with Crippen molar-refractivity contribution in [3.63, 3.8) is 0 Å². The highest BCUT2D eigenvalue weighted by molar-refractivity contribution is 7.13. The molecular weight excluding hydrogens is 322 g/mol. The molecule has 0 aliphatic carbocycles. The highest BCUT2D eigenvalue weighted by Crippen LogP contribution is 2.26. The Balaban J connectivity index is 1.60. The second kappa shape index (κ2) is 6.69. The number of rotatable bonds is 3. The summed E-state index contributed by atoms with van der Waals surface area (Å²) in [6.45, 7) is 12.0. The minimum absolute atomic E-state index is 0.236. The van der Waals surface area contributed by atoms with Gasteiger partial charge in [0.25, 0.3) is 0 Å². The molecule has 0 atom stereocenters. The Hall–Kier alpha value is -1.66. The Morgan fingerprint density at radius 3 is 2.58 bits per heavy atom. The van der Waals surface area contributed by atoms with Crippen LogP contribution in [0.2, 0.25) is 0 Å². The maximum atomic E-state index is 12.4. The molecule has 2 aromatic rings. The van der Waals surface area contributed by atoms with Crippen LogP contribution < -0.4 is 0 Å². The summed E-state index contributed by atoms with van der Waals surface area (Å²) >= 11 is 1.64. The summed E-state index contributed by atoms with van der Waals surface area (Å²) in [7, 11) is 0. The van der Waals surface area contributed by atoms with Crippen LogP contribution in [0.25, 0.3) is 10.8 Å². The van der Waals surface area contributed by atoms with Gasteiger partial charge in [-0.1, -0.05) is 26.8 Å². The SMILES string of the molecule is Cc1oc(-c2cccs2)nc1CN1CCN(C(=O)C(C)(C)C)CC1. The summed E-state index contributed by atoms with van der Waals surface area (Å²) < 4.78 is 5.81. The third kappa shape index (κ3) is 3.70. The molecule has 0 radical (unpaired) electrons. The molecule has 0 bridgehead atoms. The second-order valence-electron chi connectivity index (χ2n) is 7.32. The molecular formula is C18H25N3O2S. The molecule has 130 valence electrons. The molecule has 1 aliphatic rings. The van der Waals surface area contributed by atoms with Crippen LogP contribution in [-0.2, 0) is 11.3 Å². The summed E-state index contributed by atoms with van der Waals surface area (Å²) in [5.41, 5.74) is 0.689. The Bertz CT molecular complexity index is 692. The van der Waals surface area contributed by atoms with E-state index in [-0.39, 0.29) is 11.3 Å². The normalized spacial score (nSPS) is 16.6. The standard InChI is InChI=1S/C18H25N3O2S/c1-13-14(19-16(23-13)15-6-5-11-24-15)12-20-7-9-21(10-8-20)17(22)18(2,3)4/h5-6,11H,7-10,12H2,1-4H3. The number of aromatic nitrogens is 1. The van der Waals surface area contributed by atoms with Crippen LogP contribution in [0.3, 0.4) is 0 Å². The van der Waals surface area contributed by atoms with Crippen LogP contribution in [-0.4, -0.2) is 46.9 Å². The first kappa shape index (κ1) is 17.2. The molecule has 1 aliphatic heterocycles. The van der Waals surface area contributed by atoms with E-state index < -0.39 is 0 Å². The van der Waals surface area contributed by atoms with Gasteiger partial charge in [-0.25, -0.2) is 4.98 Å². The van der Waals surface area contributed by atoms with Crippen molar-refractivity contribution in [2.75, 3.05) is 26.2 Å². The van der Waals surface area contributed by atoms with Gasteiger partial charge in [-0.2, -0.15) is 0 Å². The number of carbonyl (C=O) groups is 1. The van der Waals surface area contributed by atoms with Gasteiger partial charge in [0.2, 0.25) is 11.8 Å². The van der Waals surface area contributed by atoms with Crippen LogP contribution in [0.15, 0.2) is 21.9 Å². The van der Waals surface area contributed by atoms with Gasteiger partial charge in [-0.3, -0.25) is 9.69 Å². The molecule has 3 rings (SSSR count). The first-order valence-corrected chi connectivity index (χ1v) is 9.24. The number of aryl methyl sites for hydroxylation is 1. The van der Waals surface area contributed by atoms with Crippen molar-refractivity contribution in [1.29, 1.82) is 0 Å². The molecule has 24 heavy (non-hydrogen) atoms. The molecule has 0 aromatic carbocycles. The first-order chi connectivity index (χ1) is 11.3. The Morgan fingerprint density at radius 2 is 2.00 bits per heavy atom. The van der Waals surface area contributed by atoms with Crippen LogP contribution >= 0.6 is 11.3 Å². The highest BCUT2D eigenvalue weighted by Gasteiger charge is 2.30. The van der Waals surface area contributed by atoms with Crippen molar-refractivity contribution in [3.05, 3.63) is 29.0 Å². The van der Waals surface area contributed by atoms with E-state index in [1.54, 1.807) is 11.3 Å². The fraction of sp³-hybridized carbons (Fsp3) is 0.556. The quantitative estimate of drug-likeness (QED) is 0.854. The van der Waals surface area contributed by atoms with Crippen molar-refractivity contribution in [1.82, 2.24) is 14.8 Å². The lowest BCUT2D eigenvalue weighted by Gasteiger charge is -2.37. The molecule has 0 spiro atoms. The first-order valence-electron chi connectivity index (χ1n) is 8.36. The Kier molecular flexibility index (Phi) is 4.78. The van der Waals surface area contributed by atoms with E-state index in [1.165, 1.54) is 0 Å². The van der Waals surface area contributed by atoms with E-state index >= 15 is 0 Å². The van der Waals surface area contributed by atoms with Gasteiger partial charge in [0.05, 0.1) is 10.6 Å². The topological polar surface area (TPSA) is 49.6 Å². The molecule has 0 N–H and O–H groups in total. The molecule has 1 saturated heterocycles. The van der Waals surface area contributed by atoms with E-state index in [0.717, 1.165) is 49.1 Å². The smallest absolute Gasteiger partial charge is 0.236 e.